The Kier molecular flexibility index (Phi) is 5.65. The highest BCUT2D eigenvalue weighted by Gasteiger charge is 2.60. The number of rotatable bonds is 5. The first-order chi connectivity index (χ1) is 12.8. The van der Waals surface area contributed by atoms with Crippen LogP contribution < -0.4 is 5.56 Å². The van der Waals surface area contributed by atoms with E-state index in [0.717, 1.165) is 43.6 Å². The average molecular weight is 413 g/mol. The van der Waals surface area contributed by atoms with Gasteiger partial charge in [-0.05, 0) is 56.0 Å². The number of likely N-dealkylation sites (tertiary alicyclic amines) is 1. The molecule has 0 spiro atoms. The number of nitrogens with zero attached hydrogens (tertiary/aromatic N) is 2. The summed E-state index contributed by atoms with van der Waals surface area (Å²) in [6.45, 7) is 5.30. The molecule has 1 aromatic carbocycles. The molecule has 152 valence electrons. The quantitative estimate of drug-likeness (QED) is 0.733. The minimum Gasteiger partial charge on any atom is -0.315 e. The summed E-state index contributed by atoms with van der Waals surface area (Å²) < 4.78 is 40.0. The van der Waals surface area contributed by atoms with E-state index in [1.165, 1.54) is 12.1 Å². The summed E-state index contributed by atoms with van der Waals surface area (Å²) in [7, 11) is 0. The summed E-state index contributed by atoms with van der Waals surface area (Å²) in [6.07, 6.45) is -0.513. The molecule has 28 heavy (non-hydrogen) atoms. The molecule has 2 aromatic rings. The standard InChI is InChI=1S/C21H23F3N2O.ClH/c1-15-4-2-10-26(19(15)27)11-3-9-25-13-18-12-20(18,14-25)16-5-7-17(8-6-16)21(22,23)24;/h2,4-8,10,18H,3,9,11-14H2,1H3;1H/t18-,20+;/m0./s1. The van der Waals surface area contributed by atoms with E-state index >= 15 is 0 Å². The number of aromatic nitrogens is 1. The predicted molar refractivity (Wildman–Crippen MR) is 105 cm³/mol. The second-order valence-electron chi connectivity index (χ2n) is 7.91. The number of pyridine rings is 1. The summed E-state index contributed by atoms with van der Waals surface area (Å²) in [4.78, 5) is 14.4. The van der Waals surface area contributed by atoms with Crippen LogP contribution in [-0.2, 0) is 18.1 Å². The molecule has 4 rings (SSSR count). The van der Waals surface area contributed by atoms with Crippen LogP contribution in [0.15, 0.2) is 47.4 Å². The van der Waals surface area contributed by atoms with Gasteiger partial charge in [0.1, 0.15) is 0 Å². The van der Waals surface area contributed by atoms with E-state index in [1.807, 2.05) is 25.3 Å². The predicted octanol–water partition coefficient (Wildman–Crippen LogP) is 4.26. The Balaban J connectivity index is 0.00000225. The number of piperidine rings is 1. The van der Waals surface area contributed by atoms with Crippen LogP contribution in [0.2, 0.25) is 0 Å². The fraction of sp³-hybridized carbons (Fsp3) is 0.476. The van der Waals surface area contributed by atoms with Gasteiger partial charge in [-0.15, -0.1) is 12.4 Å². The van der Waals surface area contributed by atoms with Crippen molar-refractivity contribution in [3.05, 3.63) is 69.6 Å². The first-order valence-electron chi connectivity index (χ1n) is 9.36. The molecule has 1 aliphatic heterocycles. The van der Waals surface area contributed by atoms with E-state index in [2.05, 4.69) is 4.90 Å². The van der Waals surface area contributed by atoms with E-state index in [4.69, 9.17) is 0 Å². The topological polar surface area (TPSA) is 25.2 Å². The zero-order valence-corrected chi connectivity index (χ0v) is 16.5. The monoisotopic (exact) mass is 412 g/mol. The molecule has 1 saturated heterocycles. The van der Waals surface area contributed by atoms with Gasteiger partial charge in [0.2, 0.25) is 0 Å². The lowest BCUT2D eigenvalue weighted by molar-refractivity contribution is -0.137. The van der Waals surface area contributed by atoms with Gasteiger partial charge in [0.15, 0.2) is 0 Å². The number of benzene rings is 1. The molecule has 7 heteroatoms. The Bertz CT molecular complexity index is 894. The molecule has 1 saturated carbocycles. The van der Waals surface area contributed by atoms with Gasteiger partial charge in [0, 0.05) is 36.8 Å². The van der Waals surface area contributed by atoms with Crippen LogP contribution in [0.25, 0.3) is 0 Å². The van der Waals surface area contributed by atoms with Crippen molar-refractivity contribution < 1.29 is 13.2 Å². The Morgan fingerprint density at radius 2 is 1.86 bits per heavy atom. The van der Waals surface area contributed by atoms with Crippen LogP contribution in [0.4, 0.5) is 13.2 Å². The Hall–Kier alpha value is -1.79. The SMILES string of the molecule is Cc1cccn(CCCN2C[C@@H]3C[C@]3(c3ccc(C(F)(F)F)cc3)C2)c1=O.Cl. The lowest BCUT2D eigenvalue weighted by Crippen LogP contribution is -2.29. The number of aryl methyl sites for hydroxylation is 2. The van der Waals surface area contributed by atoms with E-state index < -0.39 is 11.7 Å². The Morgan fingerprint density at radius 3 is 2.54 bits per heavy atom. The first-order valence-corrected chi connectivity index (χ1v) is 9.36. The van der Waals surface area contributed by atoms with Gasteiger partial charge in [-0.3, -0.25) is 4.79 Å². The first kappa shape index (κ1) is 20.9. The van der Waals surface area contributed by atoms with Crippen LogP contribution in [0, 0.1) is 12.8 Å². The molecule has 2 fully saturated rings. The fourth-order valence-electron chi connectivity index (χ4n) is 4.49. The van der Waals surface area contributed by atoms with Gasteiger partial charge in [-0.1, -0.05) is 18.2 Å². The summed E-state index contributed by atoms with van der Waals surface area (Å²) in [5.41, 5.74) is 1.28. The fourth-order valence-corrected chi connectivity index (χ4v) is 4.49. The van der Waals surface area contributed by atoms with E-state index in [9.17, 15) is 18.0 Å². The van der Waals surface area contributed by atoms with E-state index in [0.29, 0.717) is 12.5 Å². The van der Waals surface area contributed by atoms with Gasteiger partial charge in [-0.2, -0.15) is 13.2 Å². The zero-order chi connectivity index (χ0) is 19.2. The number of alkyl halides is 3. The van der Waals surface area contributed by atoms with Crippen LogP contribution in [0.5, 0.6) is 0 Å². The summed E-state index contributed by atoms with van der Waals surface area (Å²) in [6, 6.07) is 9.41. The third-order valence-corrected chi connectivity index (χ3v) is 6.09. The van der Waals surface area contributed by atoms with Crippen molar-refractivity contribution in [1.82, 2.24) is 9.47 Å². The lowest BCUT2D eigenvalue weighted by atomic mass is 9.94. The third kappa shape index (κ3) is 3.85. The molecule has 2 aliphatic rings. The normalized spacial score (nSPS) is 23.9. The van der Waals surface area contributed by atoms with Crippen LogP contribution in [0.3, 0.4) is 0 Å². The maximum absolute atomic E-state index is 12.8. The molecule has 0 bridgehead atoms. The third-order valence-electron chi connectivity index (χ3n) is 6.09. The molecule has 2 heterocycles. The molecule has 0 amide bonds. The van der Waals surface area contributed by atoms with Crippen molar-refractivity contribution in [2.24, 2.45) is 5.92 Å². The number of halogens is 4. The van der Waals surface area contributed by atoms with Crippen molar-refractivity contribution in [3.63, 3.8) is 0 Å². The second-order valence-corrected chi connectivity index (χ2v) is 7.91. The lowest BCUT2D eigenvalue weighted by Gasteiger charge is -2.21. The second kappa shape index (κ2) is 7.56. The number of hydrogen-bond acceptors (Lipinski definition) is 2. The van der Waals surface area contributed by atoms with Crippen molar-refractivity contribution >= 4 is 12.4 Å². The van der Waals surface area contributed by atoms with Crippen LogP contribution in [0.1, 0.15) is 29.5 Å². The molecular formula is C21H24ClF3N2O. The smallest absolute Gasteiger partial charge is 0.315 e. The highest BCUT2D eigenvalue weighted by Crippen LogP contribution is 2.59. The van der Waals surface area contributed by atoms with Crippen molar-refractivity contribution in [3.8, 4) is 0 Å². The van der Waals surface area contributed by atoms with Crippen LogP contribution >= 0.6 is 12.4 Å². The van der Waals surface area contributed by atoms with Crippen molar-refractivity contribution in [2.75, 3.05) is 19.6 Å². The molecular weight excluding hydrogens is 389 g/mol. The molecule has 0 unspecified atom stereocenters. The molecule has 2 atom stereocenters. The largest absolute Gasteiger partial charge is 0.416 e. The average Bonchev–Trinajstić information content (AvgIpc) is 3.20. The maximum Gasteiger partial charge on any atom is 0.416 e. The minimum atomic E-state index is -4.28. The summed E-state index contributed by atoms with van der Waals surface area (Å²) in [5, 5.41) is 0. The maximum atomic E-state index is 12.8. The zero-order valence-electron chi connectivity index (χ0n) is 15.7. The Labute approximate surface area is 168 Å². The summed E-state index contributed by atoms with van der Waals surface area (Å²) in [5.74, 6) is 0.538. The minimum absolute atomic E-state index is 0. The van der Waals surface area contributed by atoms with Crippen LogP contribution in [-0.4, -0.2) is 29.1 Å². The van der Waals surface area contributed by atoms with Gasteiger partial charge in [0.25, 0.3) is 5.56 Å². The van der Waals surface area contributed by atoms with Crippen molar-refractivity contribution in [2.45, 2.75) is 37.9 Å². The summed E-state index contributed by atoms with van der Waals surface area (Å²) >= 11 is 0. The van der Waals surface area contributed by atoms with Crippen molar-refractivity contribution in [1.29, 1.82) is 0 Å². The molecule has 0 radical (unpaired) electrons. The highest BCUT2D eigenvalue weighted by atomic mass is 35.5. The number of fused-ring (bicyclic) bond motifs is 1. The molecule has 0 N–H and O–H groups in total. The molecule has 1 aromatic heterocycles. The molecule has 1 aliphatic carbocycles. The van der Waals surface area contributed by atoms with E-state index in [1.54, 1.807) is 16.7 Å². The van der Waals surface area contributed by atoms with Gasteiger partial charge in [-0.25, -0.2) is 0 Å². The van der Waals surface area contributed by atoms with Gasteiger partial charge in [0.05, 0.1) is 5.56 Å². The van der Waals surface area contributed by atoms with Gasteiger partial charge < -0.3 is 9.47 Å². The van der Waals surface area contributed by atoms with Gasteiger partial charge >= 0.3 is 6.18 Å². The van der Waals surface area contributed by atoms with E-state index in [-0.39, 0.29) is 23.4 Å². The highest BCUT2D eigenvalue weighted by molar-refractivity contribution is 5.85. The Morgan fingerprint density at radius 1 is 1.14 bits per heavy atom. The number of hydrogen-bond donors (Lipinski definition) is 0. The molecule has 3 nitrogen and oxygen atoms in total.